The topological polar surface area (TPSA) is 93.5 Å². The molecule has 196 valence electrons. The third kappa shape index (κ3) is 5.42. The molecule has 11 nitrogen and oxygen atoms in total. The lowest BCUT2D eigenvalue weighted by atomic mass is 10.1. The Morgan fingerprint density at radius 1 is 1.27 bits per heavy atom. The van der Waals surface area contributed by atoms with Crippen molar-refractivity contribution >= 4 is 23.6 Å². The van der Waals surface area contributed by atoms with Crippen LogP contribution in [-0.4, -0.2) is 77.3 Å². The molecule has 0 spiro atoms. The van der Waals surface area contributed by atoms with E-state index in [-0.39, 0.29) is 36.9 Å². The Kier molecular flexibility index (Phi) is 7.06. The number of carbonyl (C=O) groups is 1. The third-order valence-corrected chi connectivity index (χ3v) is 6.14. The van der Waals surface area contributed by atoms with Crippen molar-refractivity contribution in [3.63, 3.8) is 0 Å². The van der Waals surface area contributed by atoms with Crippen LogP contribution >= 0.6 is 0 Å². The van der Waals surface area contributed by atoms with Gasteiger partial charge in [0.15, 0.2) is 5.82 Å². The Balaban J connectivity index is 1.28. The summed E-state index contributed by atoms with van der Waals surface area (Å²) >= 11 is 0. The van der Waals surface area contributed by atoms with Crippen molar-refractivity contribution in [2.75, 3.05) is 50.7 Å². The summed E-state index contributed by atoms with van der Waals surface area (Å²) in [5.74, 6) is -1.84. The first-order valence-corrected chi connectivity index (χ1v) is 12.0. The Labute approximate surface area is 213 Å². The Morgan fingerprint density at radius 2 is 2.14 bits per heavy atom. The van der Waals surface area contributed by atoms with Gasteiger partial charge in [-0.1, -0.05) is 0 Å². The van der Waals surface area contributed by atoms with Crippen molar-refractivity contribution < 1.29 is 18.3 Å². The van der Waals surface area contributed by atoms with E-state index in [1.54, 1.807) is 35.0 Å². The first-order chi connectivity index (χ1) is 17.9. The molecule has 1 fully saturated rings. The second-order valence-electron chi connectivity index (χ2n) is 9.13. The molecule has 3 aliphatic heterocycles. The molecule has 0 aliphatic carbocycles. The zero-order valence-electron chi connectivity index (χ0n) is 20.7. The molecule has 3 aliphatic rings. The van der Waals surface area contributed by atoms with Crippen LogP contribution in [0.2, 0.25) is 0 Å². The van der Waals surface area contributed by atoms with E-state index < -0.39 is 11.6 Å². The number of halogens is 2. The zero-order valence-corrected chi connectivity index (χ0v) is 20.7. The molecular formula is C24H29F2N9O2. The van der Waals surface area contributed by atoms with Gasteiger partial charge in [0.25, 0.3) is 5.91 Å². The number of amides is 1. The van der Waals surface area contributed by atoms with Gasteiger partial charge >= 0.3 is 0 Å². The number of aliphatic imine (C=N–C) groups is 1. The molecule has 5 rings (SSSR count). The summed E-state index contributed by atoms with van der Waals surface area (Å²) in [4.78, 5) is 20.0. The number of hydrogen-bond donors (Lipinski definition) is 2. The average Bonchev–Trinajstić information content (AvgIpc) is 3.49. The minimum absolute atomic E-state index is 0.0404. The van der Waals surface area contributed by atoms with Gasteiger partial charge in [-0.25, -0.2) is 18.8 Å². The smallest absolute Gasteiger partial charge is 0.253 e. The van der Waals surface area contributed by atoms with Crippen LogP contribution in [0.25, 0.3) is 0 Å². The van der Waals surface area contributed by atoms with E-state index in [9.17, 15) is 9.18 Å². The second kappa shape index (κ2) is 10.6. The number of aryl methyl sites for hydroxylation is 1. The maximum atomic E-state index is 15.4. The van der Waals surface area contributed by atoms with Gasteiger partial charge in [0, 0.05) is 31.0 Å². The number of anilines is 2. The van der Waals surface area contributed by atoms with Crippen LogP contribution in [0.5, 0.6) is 0 Å². The molecule has 0 saturated carbocycles. The molecule has 0 unspecified atom stereocenters. The van der Waals surface area contributed by atoms with Gasteiger partial charge in [-0.05, 0) is 39.2 Å². The van der Waals surface area contributed by atoms with E-state index in [2.05, 4.69) is 25.8 Å². The van der Waals surface area contributed by atoms with Crippen LogP contribution in [0.1, 0.15) is 12.0 Å². The fraction of sp³-hybridized carbons (Fsp3) is 0.375. The lowest BCUT2D eigenvalue weighted by molar-refractivity contribution is -0.125. The summed E-state index contributed by atoms with van der Waals surface area (Å²) in [5.41, 5.74) is 8.12. The number of carbonyl (C=O) groups excluding carboxylic acids is 1. The normalized spacial score (nSPS) is 17.2. The van der Waals surface area contributed by atoms with Crippen LogP contribution in [0.4, 0.5) is 20.2 Å². The molecule has 1 aromatic carbocycles. The van der Waals surface area contributed by atoms with Crippen LogP contribution in [0, 0.1) is 11.6 Å². The highest BCUT2D eigenvalue weighted by Gasteiger charge is 2.29. The van der Waals surface area contributed by atoms with Crippen molar-refractivity contribution in [1.29, 1.82) is 0 Å². The SMILES string of the molecule is CN(C)CCCn1cc(NN2C=NC3=CNN(Cc4c(F)ccc(N5CCOCC5=O)c4F)C3=C2)cn1. The van der Waals surface area contributed by atoms with Gasteiger partial charge in [-0.3, -0.25) is 19.9 Å². The fourth-order valence-electron chi connectivity index (χ4n) is 4.25. The summed E-state index contributed by atoms with van der Waals surface area (Å²) in [6.07, 6.45) is 9.64. The molecule has 0 radical (unpaired) electrons. The summed E-state index contributed by atoms with van der Waals surface area (Å²) in [7, 11) is 4.07. The van der Waals surface area contributed by atoms with E-state index in [4.69, 9.17) is 4.74 Å². The standard InChI is InChI=1S/C24H29F2N9O2/c1-31(2)6-3-7-32-12-17(10-28-32)30-33-14-22-20(27-16-33)11-29-35(22)13-18-19(25)4-5-21(24(18)26)34-8-9-37-15-23(34)36/h4-5,10-12,14,16,29-30H,3,6-9,13,15H2,1-2H3. The first-order valence-electron chi connectivity index (χ1n) is 12.0. The van der Waals surface area contributed by atoms with Crippen molar-refractivity contribution in [1.82, 2.24) is 30.1 Å². The number of nitrogens with zero attached hydrogens (tertiary/aromatic N) is 7. The van der Waals surface area contributed by atoms with Crippen molar-refractivity contribution in [3.05, 3.63) is 65.5 Å². The number of ether oxygens (including phenoxy) is 1. The predicted octanol–water partition coefficient (Wildman–Crippen LogP) is 1.85. The van der Waals surface area contributed by atoms with Crippen molar-refractivity contribution in [3.8, 4) is 0 Å². The maximum absolute atomic E-state index is 15.4. The summed E-state index contributed by atoms with van der Waals surface area (Å²) in [6, 6.07) is 2.47. The lowest BCUT2D eigenvalue weighted by Crippen LogP contribution is -2.42. The molecular weight excluding hydrogens is 484 g/mol. The van der Waals surface area contributed by atoms with E-state index in [0.29, 0.717) is 18.0 Å². The fourth-order valence-corrected chi connectivity index (χ4v) is 4.25. The number of hydrogen-bond acceptors (Lipinski definition) is 9. The van der Waals surface area contributed by atoms with Crippen LogP contribution in [0.15, 0.2) is 53.3 Å². The average molecular weight is 514 g/mol. The van der Waals surface area contributed by atoms with Gasteiger partial charge in [-0.2, -0.15) is 5.10 Å². The second-order valence-corrected chi connectivity index (χ2v) is 9.13. The predicted molar refractivity (Wildman–Crippen MR) is 134 cm³/mol. The molecule has 0 bridgehead atoms. The number of hydrazine groups is 2. The van der Waals surface area contributed by atoms with Gasteiger partial charge in [-0.15, -0.1) is 0 Å². The van der Waals surface area contributed by atoms with Crippen LogP contribution in [0.3, 0.4) is 0 Å². The zero-order chi connectivity index (χ0) is 25.9. The quantitative estimate of drug-likeness (QED) is 0.525. The number of nitrogens with one attached hydrogen (secondary N) is 2. The molecule has 13 heteroatoms. The highest BCUT2D eigenvalue weighted by atomic mass is 19.1. The highest BCUT2D eigenvalue weighted by Crippen LogP contribution is 2.30. The monoisotopic (exact) mass is 513 g/mol. The van der Waals surface area contributed by atoms with Gasteiger partial charge < -0.3 is 20.0 Å². The molecule has 4 heterocycles. The molecule has 2 N–H and O–H groups in total. The van der Waals surface area contributed by atoms with Gasteiger partial charge in [0.05, 0.1) is 36.9 Å². The minimum atomic E-state index is -0.776. The number of fused-ring (bicyclic) bond motifs is 1. The lowest BCUT2D eigenvalue weighted by Gasteiger charge is -2.29. The van der Waals surface area contributed by atoms with Crippen molar-refractivity contribution in [2.24, 2.45) is 4.99 Å². The summed E-state index contributed by atoms with van der Waals surface area (Å²) < 4.78 is 37.2. The summed E-state index contributed by atoms with van der Waals surface area (Å²) in [5, 5.41) is 7.63. The molecule has 2 aromatic rings. The number of rotatable bonds is 9. The van der Waals surface area contributed by atoms with E-state index in [1.165, 1.54) is 17.0 Å². The highest BCUT2D eigenvalue weighted by molar-refractivity contribution is 5.95. The Hall–Kier alpha value is -3.97. The van der Waals surface area contributed by atoms with Crippen LogP contribution < -0.4 is 15.8 Å². The third-order valence-electron chi connectivity index (χ3n) is 6.14. The Morgan fingerprint density at radius 3 is 2.95 bits per heavy atom. The Bertz CT molecular complexity index is 1260. The van der Waals surface area contributed by atoms with Crippen LogP contribution in [-0.2, 0) is 22.6 Å². The van der Waals surface area contributed by atoms with E-state index in [0.717, 1.165) is 25.2 Å². The molecule has 1 aromatic heterocycles. The number of aromatic nitrogens is 2. The van der Waals surface area contributed by atoms with Gasteiger partial charge in [0.1, 0.15) is 30.2 Å². The minimum Gasteiger partial charge on any atom is -0.370 e. The first kappa shape index (κ1) is 24.7. The molecule has 1 saturated heterocycles. The molecule has 0 atom stereocenters. The largest absolute Gasteiger partial charge is 0.370 e. The number of benzene rings is 1. The maximum Gasteiger partial charge on any atom is 0.253 e. The molecule has 1 amide bonds. The van der Waals surface area contributed by atoms with E-state index >= 15 is 4.39 Å². The van der Waals surface area contributed by atoms with Crippen molar-refractivity contribution in [2.45, 2.75) is 19.5 Å². The summed E-state index contributed by atoms with van der Waals surface area (Å²) in [6.45, 7) is 2.02. The number of morpholine rings is 1. The molecule has 37 heavy (non-hydrogen) atoms. The van der Waals surface area contributed by atoms with E-state index in [1.807, 2.05) is 25.0 Å². The van der Waals surface area contributed by atoms with Gasteiger partial charge in [0.2, 0.25) is 0 Å².